The molecule has 2 fully saturated rings. The maximum absolute atomic E-state index is 6.67. The van der Waals surface area contributed by atoms with Crippen molar-refractivity contribution in [1.29, 1.82) is 0 Å². The van der Waals surface area contributed by atoms with E-state index in [9.17, 15) is 0 Å². The summed E-state index contributed by atoms with van der Waals surface area (Å²) in [5.74, 6) is 3.75. The van der Waals surface area contributed by atoms with Crippen LogP contribution in [-0.2, 0) is 0 Å². The predicted molar refractivity (Wildman–Crippen MR) is 214 cm³/mol. The van der Waals surface area contributed by atoms with E-state index in [2.05, 4.69) is 121 Å². The van der Waals surface area contributed by atoms with Crippen molar-refractivity contribution in [3.63, 3.8) is 0 Å². The van der Waals surface area contributed by atoms with Gasteiger partial charge >= 0.3 is 0 Å². The third-order valence-corrected chi connectivity index (χ3v) is 11.6. The van der Waals surface area contributed by atoms with E-state index in [1.54, 1.807) is 11.1 Å². The van der Waals surface area contributed by atoms with Crippen LogP contribution in [0.4, 0.5) is 0 Å². The first-order valence-corrected chi connectivity index (χ1v) is 19.4. The van der Waals surface area contributed by atoms with Crippen LogP contribution in [0.15, 0.2) is 104 Å². The monoisotopic (exact) mass is 684 g/mol. The minimum absolute atomic E-state index is 0.631. The molecule has 0 N–H and O–H groups in total. The molecule has 2 aliphatic rings. The van der Waals surface area contributed by atoms with Crippen molar-refractivity contribution < 1.29 is 4.74 Å². The van der Waals surface area contributed by atoms with Gasteiger partial charge in [-0.15, -0.1) is 0 Å². The Balaban J connectivity index is 1.08. The van der Waals surface area contributed by atoms with Gasteiger partial charge in [0.05, 0.1) is 22.9 Å². The lowest BCUT2D eigenvalue weighted by atomic mass is 9.75. The van der Waals surface area contributed by atoms with E-state index >= 15 is 0 Å². The zero-order chi connectivity index (χ0) is 35.2. The molecule has 0 atom stereocenters. The Morgan fingerprint density at radius 1 is 0.615 bits per heavy atom. The van der Waals surface area contributed by atoms with Gasteiger partial charge in [-0.1, -0.05) is 74.4 Å². The van der Waals surface area contributed by atoms with E-state index in [0.717, 1.165) is 39.6 Å². The first-order chi connectivity index (χ1) is 25.5. The number of hydrogen-bond donors (Lipinski definition) is 0. The molecule has 3 aromatic heterocycles. The maximum Gasteiger partial charge on any atom is 0.137 e. The molecule has 3 heterocycles. The van der Waals surface area contributed by atoms with Gasteiger partial charge in [-0.2, -0.15) is 5.10 Å². The first kappa shape index (κ1) is 32.7. The van der Waals surface area contributed by atoms with Gasteiger partial charge in [0.15, 0.2) is 0 Å². The Bertz CT molecular complexity index is 2360. The highest BCUT2D eigenvalue weighted by Crippen LogP contribution is 2.45. The fourth-order valence-corrected chi connectivity index (χ4v) is 9.20. The topological polar surface area (TPSA) is 44.9 Å². The lowest BCUT2D eigenvalue weighted by molar-refractivity contribution is 0.436. The molecule has 0 spiro atoms. The van der Waals surface area contributed by atoms with Gasteiger partial charge in [0, 0.05) is 40.9 Å². The Kier molecular flexibility index (Phi) is 8.66. The van der Waals surface area contributed by atoms with Gasteiger partial charge in [0.2, 0.25) is 0 Å². The van der Waals surface area contributed by atoms with Crippen molar-refractivity contribution >= 4 is 21.8 Å². The van der Waals surface area contributed by atoms with E-state index in [1.165, 1.54) is 97.2 Å². The molecule has 262 valence electrons. The zero-order valence-electron chi connectivity index (χ0n) is 30.7. The van der Waals surface area contributed by atoms with Gasteiger partial charge in [-0.05, 0) is 129 Å². The van der Waals surface area contributed by atoms with Crippen LogP contribution >= 0.6 is 0 Å². The molecular weight excluding hydrogens is 637 g/mol. The molecule has 5 nitrogen and oxygen atoms in total. The largest absolute Gasteiger partial charge is 0.457 e. The highest BCUT2D eigenvalue weighted by molar-refractivity contribution is 6.09. The molecule has 2 saturated carbocycles. The number of aromatic nitrogens is 4. The predicted octanol–water partition coefficient (Wildman–Crippen LogP) is 12.8. The minimum atomic E-state index is 0.631. The van der Waals surface area contributed by atoms with Gasteiger partial charge in [-0.3, -0.25) is 4.57 Å². The summed E-state index contributed by atoms with van der Waals surface area (Å²) < 4.78 is 11.0. The minimum Gasteiger partial charge on any atom is -0.457 e. The summed E-state index contributed by atoms with van der Waals surface area (Å²) in [7, 11) is 0. The Labute approximate surface area is 307 Å². The molecule has 0 radical (unpaired) electrons. The summed E-state index contributed by atoms with van der Waals surface area (Å²) in [6.45, 7) is 6.54. The van der Waals surface area contributed by atoms with Crippen molar-refractivity contribution in [3.05, 3.63) is 131 Å². The van der Waals surface area contributed by atoms with Crippen LogP contribution in [0.5, 0.6) is 11.5 Å². The number of pyridine rings is 1. The van der Waals surface area contributed by atoms with Crippen LogP contribution in [0.1, 0.15) is 104 Å². The number of aryl methyl sites for hydroxylation is 3. The lowest BCUT2D eigenvalue weighted by Gasteiger charge is -2.30. The standard InChI is InChI=1S/C47H48N4O/c1-31-20-21-48-46(26-31)51-44-17-11-10-16-40(44)41-19-18-38(28-45(41)51)52-39-23-32(2)22-37(27-39)50-30-36(29-49-50)47-42(34-12-6-4-7-13-34)24-33(3)25-43(47)35-14-8-5-9-15-35/h10-11,16-30,34-35H,4-9,12-15H2,1-3H3. The molecular formula is C47H48N4O. The second-order valence-electron chi connectivity index (χ2n) is 15.5. The normalized spacial score (nSPS) is 15.8. The smallest absolute Gasteiger partial charge is 0.137 e. The summed E-state index contributed by atoms with van der Waals surface area (Å²) in [4.78, 5) is 4.76. The average Bonchev–Trinajstić information content (AvgIpc) is 3.78. The van der Waals surface area contributed by atoms with Crippen molar-refractivity contribution in [1.82, 2.24) is 19.3 Å². The van der Waals surface area contributed by atoms with Crippen molar-refractivity contribution in [2.75, 3.05) is 0 Å². The van der Waals surface area contributed by atoms with Crippen LogP contribution in [-0.4, -0.2) is 19.3 Å². The zero-order valence-corrected chi connectivity index (χ0v) is 30.7. The highest BCUT2D eigenvalue weighted by Gasteiger charge is 2.27. The van der Waals surface area contributed by atoms with E-state index in [-0.39, 0.29) is 0 Å². The van der Waals surface area contributed by atoms with Crippen LogP contribution in [0.2, 0.25) is 0 Å². The molecule has 4 aromatic carbocycles. The summed E-state index contributed by atoms with van der Waals surface area (Å²) in [6.07, 6.45) is 19.5. The first-order valence-electron chi connectivity index (χ1n) is 19.4. The highest BCUT2D eigenvalue weighted by atomic mass is 16.5. The molecule has 52 heavy (non-hydrogen) atoms. The molecule has 0 aliphatic heterocycles. The Morgan fingerprint density at radius 3 is 2.04 bits per heavy atom. The molecule has 2 aliphatic carbocycles. The van der Waals surface area contributed by atoms with Crippen LogP contribution < -0.4 is 4.74 Å². The van der Waals surface area contributed by atoms with Crippen molar-refractivity contribution in [2.24, 2.45) is 0 Å². The SMILES string of the molecule is Cc1cc(Oc2ccc3c4ccccc4n(-c4cc(C)ccn4)c3c2)cc(-n2cc(-c3c(C4CCCCC4)cc(C)cc3C3CCCCC3)cn2)c1. The third kappa shape index (κ3) is 6.21. The number of para-hydroxylation sites is 1. The van der Waals surface area contributed by atoms with E-state index in [4.69, 9.17) is 14.8 Å². The quantitative estimate of drug-likeness (QED) is 0.168. The third-order valence-electron chi connectivity index (χ3n) is 11.6. The van der Waals surface area contributed by atoms with E-state index in [0.29, 0.717) is 11.8 Å². The number of ether oxygens (including phenoxy) is 1. The average molecular weight is 685 g/mol. The number of hydrogen-bond acceptors (Lipinski definition) is 3. The number of fused-ring (bicyclic) bond motifs is 3. The van der Waals surface area contributed by atoms with Gasteiger partial charge < -0.3 is 4.74 Å². The Morgan fingerprint density at radius 2 is 1.31 bits per heavy atom. The van der Waals surface area contributed by atoms with Crippen LogP contribution in [0.25, 0.3) is 44.4 Å². The Hall–Kier alpha value is -5.16. The van der Waals surface area contributed by atoms with Gasteiger partial charge in [0.1, 0.15) is 17.3 Å². The van der Waals surface area contributed by atoms with Gasteiger partial charge in [-0.25, -0.2) is 9.67 Å². The molecule has 0 unspecified atom stereocenters. The van der Waals surface area contributed by atoms with Crippen LogP contribution in [0.3, 0.4) is 0 Å². The fourth-order valence-electron chi connectivity index (χ4n) is 9.20. The lowest BCUT2D eigenvalue weighted by Crippen LogP contribution is -2.11. The fraction of sp³-hybridized carbons (Fsp3) is 0.319. The second-order valence-corrected chi connectivity index (χ2v) is 15.5. The molecule has 0 amide bonds. The van der Waals surface area contributed by atoms with Crippen molar-refractivity contribution in [3.8, 4) is 34.1 Å². The summed E-state index contributed by atoms with van der Waals surface area (Å²) in [6, 6.07) is 30.5. The van der Waals surface area contributed by atoms with Crippen LogP contribution in [0, 0.1) is 20.8 Å². The van der Waals surface area contributed by atoms with Gasteiger partial charge in [0.25, 0.3) is 0 Å². The van der Waals surface area contributed by atoms with E-state index in [1.807, 2.05) is 12.3 Å². The summed E-state index contributed by atoms with van der Waals surface area (Å²) in [5, 5.41) is 7.39. The molecule has 5 heteroatoms. The van der Waals surface area contributed by atoms with E-state index < -0.39 is 0 Å². The summed E-state index contributed by atoms with van der Waals surface area (Å²) in [5.41, 5.74) is 12.7. The molecule has 0 saturated heterocycles. The number of benzene rings is 4. The molecule has 9 rings (SSSR count). The summed E-state index contributed by atoms with van der Waals surface area (Å²) >= 11 is 0. The number of rotatable bonds is 7. The molecule has 0 bridgehead atoms. The second kappa shape index (κ2) is 13.8. The number of nitrogens with zero attached hydrogens (tertiary/aromatic N) is 4. The maximum atomic E-state index is 6.67. The van der Waals surface area contributed by atoms with Crippen molar-refractivity contribution in [2.45, 2.75) is 96.8 Å². The molecule has 7 aromatic rings.